The van der Waals surface area contributed by atoms with Crippen molar-refractivity contribution >= 4 is 10.0 Å². The summed E-state index contributed by atoms with van der Waals surface area (Å²) in [7, 11) is -0.973. The molecule has 19 heavy (non-hydrogen) atoms. The van der Waals surface area contributed by atoms with E-state index in [-0.39, 0.29) is 5.75 Å². The molecule has 0 aromatic carbocycles. The molecule has 0 aliphatic carbocycles. The molecule has 2 heterocycles. The molecule has 0 amide bonds. The van der Waals surface area contributed by atoms with Gasteiger partial charge in [0.05, 0.1) is 5.75 Å². The summed E-state index contributed by atoms with van der Waals surface area (Å²) >= 11 is 0. The smallest absolute Gasteiger partial charge is 0.213 e. The van der Waals surface area contributed by atoms with Gasteiger partial charge in [-0.3, -0.25) is 0 Å². The molecular formula is C13H23N3O2S. The zero-order valence-corrected chi connectivity index (χ0v) is 12.5. The highest BCUT2D eigenvalue weighted by atomic mass is 32.2. The van der Waals surface area contributed by atoms with Gasteiger partial charge in [-0.25, -0.2) is 12.7 Å². The van der Waals surface area contributed by atoms with Crippen LogP contribution in [-0.4, -0.2) is 42.2 Å². The van der Waals surface area contributed by atoms with E-state index in [0.717, 1.165) is 19.4 Å². The van der Waals surface area contributed by atoms with Crippen LogP contribution in [0.2, 0.25) is 0 Å². The number of aryl methyl sites for hydroxylation is 1. The van der Waals surface area contributed by atoms with Crippen molar-refractivity contribution in [3.63, 3.8) is 0 Å². The first-order valence-corrected chi connectivity index (χ1v) is 8.45. The van der Waals surface area contributed by atoms with Crippen molar-refractivity contribution in [2.24, 2.45) is 7.05 Å². The summed E-state index contributed by atoms with van der Waals surface area (Å²) in [6, 6.07) is 4.55. The summed E-state index contributed by atoms with van der Waals surface area (Å²) in [4.78, 5) is 0. The molecule has 1 aliphatic rings. The SMILES string of the molecule is CCS(=O)(=O)N1CCC(NCc2cccn2C)CC1. The first kappa shape index (κ1) is 14.6. The zero-order valence-electron chi connectivity index (χ0n) is 11.7. The fourth-order valence-electron chi connectivity index (χ4n) is 2.45. The minimum Gasteiger partial charge on any atom is -0.353 e. The van der Waals surface area contributed by atoms with Crippen molar-refractivity contribution in [1.29, 1.82) is 0 Å². The van der Waals surface area contributed by atoms with Crippen LogP contribution in [0.4, 0.5) is 0 Å². The molecular weight excluding hydrogens is 262 g/mol. The van der Waals surface area contributed by atoms with E-state index in [4.69, 9.17) is 0 Å². The lowest BCUT2D eigenvalue weighted by Crippen LogP contribution is -2.45. The van der Waals surface area contributed by atoms with Crippen LogP contribution in [0.25, 0.3) is 0 Å². The fraction of sp³-hybridized carbons (Fsp3) is 0.692. The van der Waals surface area contributed by atoms with Crippen molar-refractivity contribution < 1.29 is 8.42 Å². The third-order valence-electron chi connectivity index (χ3n) is 3.84. The van der Waals surface area contributed by atoms with E-state index in [9.17, 15) is 8.42 Å². The monoisotopic (exact) mass is 285 g/mol. The Balaban J connectivity index is 1.80. The molecule has 1 N–H and O–H groups in total. The second-order valence-corrected chi connectivity index (χ2v) is 7.32. The maximum absolute atomic E-state index is 11.8. The lowest BCUT2D eigenvalue weighted by molar-refractivity contribution is 0.288. The van der Waals surface area contributed by atoms with Crippen LogP contribution in [-0.2, 0) is 23.6 Å². The van der Waals surface area contributed by atoms with E-state index in [1.165, 1.54) is 5.69 Å². The Bertz CT molecular complexity index is 502. The van der Waals surface area contributed by atoms with Crippen molar-refractivity contribution in [3.8, 4) is 0 Å². The van der Waals surface area contributed by atoms with Gasteiger partial charge in [0.2, 0.25) is 10.0 Å². The number of rotatable bonds is 5. The molecule has 1 aromatic heterocycles. The normalized spacial score (nSPS) is 18.8. The van der Waals surface area contributed by atoms with Gasteiger partial charge in [-0.2, -0.15) is 0 Å². The van der Waals surface area contributed by atoms with Crippen LogP contribution < -0.4 is 5.32 Å². The summed E-state index contributed by atoms with van der Waals surface area (Å²) in [6.07, 6.45) is 3.82. The first-order chi connectivity index (χ1) is 9.03. The molecule has 1 fully saturated rings. The molecule has 0 atom stereocenters. The molecule has 5 nitrogen and oxygen atoms in total. The molecule has 0 unspecified atom stereocenters. The van der Waals surface area contributed by atoms with E-state index < -0.39 is 10.0 Å². The first-order valence-electron chi connectivity index (χ1n) is 6.84. The van der Waals surface area contributed by atoms with Gasteiger partial charge < -0.3 is 9.88 Å². The van der Waals surface area contributed by atoms with Gasteiger partial charge in [-0.1, -0.05) is 0 Å². The summed E-state index contributed by atoms with van der Waals surface area (Å²) in [6.45, 7) is 3.83. The summed E-state index contributed by atoms with van der Waals surface area (Å²) < 4.78 is 27.2. The highest BCUT2D eigenvalue weighted by Gasteiger charge is 2.26. The van der Waals surface area contributed by atoms with Gasteiger partial charge >= 0.3 is 0 Å². The van der Waals surface area contributed by atoms with Crippen LogP contribution in [0, 0.1) is 0 Å². The Morgan fingerprint density at radius 3 is 2.58 bits per heavy atom. The fourth-order valence-corrected chi connectivity index (χ4v) is 3.58. The molecule has 1 saturated heterocycles. The van der Waals surface area contributed by atoms with Gasteiger partial charge in [0.25, 0.3) is 0 Å². The van der Waals surface area contributed by atoms with Crippen LogP contribution in [0.3, 0.4) is 0 Å². The van der Waals surface area contributed by atoms with Crippen molar-refractivity contribution in [3.05, 3.63) is 24.0 Å². The van der Waals surface area contributed by atoms with Crippen LogP contribution >= 0.6 is 0 Å². The second-order valence-electron chi connectivity index (χ2n) is 5.07. The lowest BCUT2D eigenvalue weighted by Gasteiger charge is -2.31. The van der Waals surface area contributed by atoms with Crippen LogP contribution in [0.1, 0.15) is 25.5 Å². The second kappa shape index (κ2) is 6.07. The Morgan fingerprint density at radius 2 is 2.05 bits per heavy atom. The molecule has 2 rings (SSSR count). The highest BCUT2D eigenvalue weighted by Crippen LogP contribution is 2.15. The Morgan fingerprint density at radius 1 is 1.37 bits per heavy atom. The highest BCUT2D eigenvalue weighted by molar-refractivity contribution is 7.89. The molecule has 0 saturated carbocycles. The Labute approximate surface area is 115 Å². The minimum atomic E-state index is -3.01. The average molecular weight is 285 g/mol. The van der Waals surface area contributed by atoms with Gasteiger partial charge in [0, 0.05) is 44.6 Å². The predicted octanol–water partition coefficient (Wildman–Crippen LogP) is 0.929. The van der Waals surface area contributed by atoms with E-state index >= 15 is 0 Å². The van der Waals surface area contributed by atoms with Gasteiger partial charge in [0.15, 0.2) is 0 Å². The number of hydrogen-bond donors (Lipinski definition) is 1. The zero-order chi connectivity index (χ0) is 13.9. The number of sulfonamides is 1. The van der Waals surface area contributed by atoms with E-state index in [1.54, 1.807) is 11.2 Å². The predicted molar refractivity (Wildman–Crippen MR) is 76.3 cm³/mol. The topological polar surface area (TPSA) is 54.3 Å². The number of aromatic nitrogens is 1. The molecule has 1 aromatic rings. The average Bonchev–Trinajstić information content (AvgIpc) is 2.82. The maximum atomic E-state index is 11.8. The molecule has 1 aliphatic heterocycles. The Hall–Kier alpha value is -0.850. The maximum Gasteiger partial charge on any atom is 0.213 e. The van der Waals surface area contributed by atoms with Crippen molar-refractivity contribution in [2.75, 3.05) is 18.8 Å². The molecule has 108 valence electrons. The lowest BCUT2D eigenvalue weighted by atomic mass is 10.1. The molecule has 0 spiro atoms. The van der Waals surface area contributed by atoms with Crippen molar-refractivity contribution in [1.82, 2.24) is 14.2 Å². The van der Waals surface area contributed by atoms with Gasteiger partial charge in [-0.05, 0) is 31.9 Å². The number of nitrogens with zero attached hydrogens (tertiary/aromatic N) is 2. The largest absolute Gasteiger partial charge is 0.353 e. The summed E-state index contributed by atoms with van der Waals surface area (Å²) in [5, 5.41) is 3.51. The van der Waals surface area contributed by atoms with E-state index in [0.29, 0.717) is 19.1 Å². The van der Waals surface area contributed by atoms with Crippen molar-refractivity contribution in [2.45, 2.75) is 32.4 Å². The van der Waals surface area contributed by atoms with E-state index in [2.05, 4.69) is 16.0 Å². The third kappa shape index (κ3) is 3.58. The summed E-state index contributed by atoms with van der Waals surface area (Å²) in [5.41, 5.74) is 1.25. The summed E-state index contributed by atoms with van der Waals surface area (Å²) in [5.74, 6) is 0.203. The molecule has 0 bridgehead atoms. The quantitative estimate of drug-likeness (QED) is 0.875. The third-order valence-corrected chi connectivity index (χ3v) is 5.72. The Kier molecular flexibility index (Phi) is 4.65. The number of nitrogens with one attached hydrogen (secondary N) is 1. The molecule has 0 radical (unpaired) electrons. The number of piperidine rings is 1. The van der Waals surface area contributed by atoms with Gasteiger partial charge in [0.1, 0.15) is 0 Å². The van der Waals surface area contributed by atoms with Crippen LogP contribution in [0.15, 0.2) is 18.3 Å². The number of hydrogen-bond acceptors (Lipinski definition) is 3. The van der Waals surface area contributed by atoms with Gasteiger partial charge in [-0.15, -0.1) is 0 Å². The van der Waals surface area contributed by atoms with Crippen LogP contribution in [0.5, 0.6) is 0 Å². The molecule has 6 heteroatoms. The standard InChI is InChI=1S/C13H23N3O2S/c1-3-19(17,18)16-9-6-12(7-10-16)14-11-13-5-4-8-15(13)2/h4-5,8,12,14H,3,6-7,9-11H2,1-2H3. The van der Waals surface area contributed by atoms with E-state index in [1.807, 2.05) is 19.3 Å². The minimum absolute atomic E-state index is 0.203.